The Labute approximate surface area is 187 Å². The SMILES string of the molecule is O=C(O)c1cn2c(cc1=O)-c1c(cc(OCCC3CC3)c3c1CCO3)OC2c1cscn1. The molecule has 0 saturated heterocycles. The Morgan fingerprint density at radius 1 is 1.34 bits per heavy atom. The number of pyridine rings is 1. The number of carbonyl (C=O) groups is 1. The highest BCUT2D eigenvalue weighted by atomic mass is 32.1. The number of aromatic carboxylic acids is 1. The molecule has 3 aromatic rings. The van der Waals surface area contributed by atoms with Crippen molar-refractivity contribution in [3.8, 4) is 28.5 Å². The van der Waals surface area contributed by atoms with E-state index in [0.717, 1.165) is 23.5 Å². The van der Waals surface area contributed by atoms with Crippen molar-refractivity contribution < 1.29 is 24.1 Å². The van der Waals surface area contributed by atoms with Gasteiger partial charge in [0.25, 0.3) is 0 Å². The first-order valence-electron chi connectivity index (χ1n) is 10.6. The summed E-state index contributed by atoms with van der Waals surface area (Å²) < 4.78 is 20.0. The van der Waals surface area contributed by atoms with Gasteiger partial charge in [0, 0.05) is 41.3 Å². The quantitative estimate of drug-likeness (QED) is 0.608. The maximum Gasteiger partial charge on any atom is 0.341 e. The Bertz CT molecular complexity index is 1280. The molecular formula is C23H20N2O6S. The van der Waals surface area contributed by atoms with Gasteiger partial charge in [-0.1, -0.05) is 12.8 Å². The number of aromatic nitrogens is 2. The molecule has 0 spiro atoms. The fourth-order valence-electron chi connectivity index (χ4n) is 4.37. The maximum absolute atomic E-state index is 12.6. The minimum Gasteiger partial charge on any atom is -0.490 e. The molecule has 164 valence electrons. The molecule has 0 radical (unpaired) electrons. The van der Waals surface area contributed by atoms with E-state index in [4.69, 9.17) is 14.2 Å². The number of fused-ring (bicyclic) bond motifs is 5. The monoisotopic (exact) mass is 452 g/mol. The first-order valence-corrected chi connectivity index (χ1v) is 11.5. The van der Waals surface area contributed by atoms with Crippen molar-refractivity contribution in [2.75, 3.05) is 13.2 Å². The zero-order valence-corrected chi connectivity index (χ0v) is 17.9. The van der Waals surface area contributed by atoms with Crippen LogP contribution < -0.4 is 19.6 Å². The number of rotatable bonds is 6. The van der Waals surface area contributed by atoms with E-state index >= 15 is 0 Å². The van der Waals surface area contributed by atoms with E-state index in [2.05, 4.69) is 4.98 Å². The number of carboxylic acid groups (broad SMARTS) is 1. The Balaban J connectivity index is 1.51. The lowest BCUT2D eigenvalue weighted by Crippen LogP contribution is -2.28. The maximum atomic E-state index is 12.6. The third-order valence-electron chi connectivity index (χ3n) is 6.15. The van der Waals surface area contributed by atoms with Crippen LogP contribution in [0.3, 0.4) is 0 Å². The molecule has 1 aromatic carbocycles. The second-order valence-corrected chi connectivity index (χ2v) is 8.99. The molecule has 2 aromatic heterocycles. The van der Waals surface area contributed by atoms with E-state index in [1.807, 2.05) is 11.4 Å². The highest BCUT2D eigenvalue weighted by Gasteiger charge is 2.35. The van der Waals surface area contributed by atoms with E-state index < -0.39 is 17.6 Å². The van der Waals surface area contributed by atoms with Gasteiger partial charge in [0.1, 0.15) is 17.0 Å². The fourth-order valence-corrected chi connectivity index (χ4v) is 4.93. The van der Waals surface area contributed by atoms with Crippen LogP contribution in [-0.4, -0.2) is 33.8 Å². The summed E-state index contributed by atoms with van der Waals surface area (Å²) in [6, 6.07) is 3.20. The number of nitrogens with zero attached hydrogens (tertiary/aromatic N) is 2. The summed E-state index contributed by atoms with van der Waals surface area (Å²) in [5.74, 6) is 1.38. The summed E-state index contributed by atoms with van der Waals surface area (Å²) in [6.07, 6.45) is 4.85. The number of ether oxygens (including phenoxy) is 3. The molecule has 0 amide bonds. The predicted molar refractivity (Wildman–Crippen MR) is 116 cm³/mol. The summed E-state index contributed by atoms with van der Waals surface area (Å²) >= 11 is 1.42. The zero-order chi connectivity index (χ0) is 21.8. The van der Waals surface area contributed by atoms with Crippen molar-refractivity contribution in [1.82, 2.24) is 9.55 Å². The molecule has 3 aliphatic rings. The second kappa shape index (κ2) is 7.37. The summed E-state index contributed by atoms with van der Waals surface area (Å²) in [4.78, 5) is 28.6. The lowest BCUT2D eigenvalue weighted by Gasteiger charge is -2.32. The van der Waals surface area contributed by atoms with Gasteiger partial charge in [-0.15, -0.1) is 11.3 Å². The van der Waals surface area contributed by atoms with Crippen LogP contribution in [0.5, 0.6) is 17.2 Å². The Hall–Kier alpha value is -3.33. The van der Waals surface area contributed by atoms with Crippen LogP contribution in [0.15, 0.2) is 34.0 Å². The molecule has 6 rings (SSSR count). The van der Waals surface area contributed by atoms with Crippen LogP contribution in [0.2, 0.25) is 0 Å². The lowest BCUT2D eigenvalue weighted by atomic mass is 9.97. The topological polar surface area (TPSA) is 99.9 Å². The Kier molecular flexibility index (Phi) is 4.46. The average Bonchev–Trinajstić information content (AvgIpc) is 3.23. The van der Waals surface area contributed by atoms with Gasteiger partial charge in [-0.25, -0.2) is 9.78 Å². The second-order valence-electron chi connectivity index (χ2n) is 8.27. The van der Waals surface area contributed by atoms with Gasteiger partial charge in [-0.05, 0) is 12.3 Å². The zero-order valence-electron chi connectivity index (χ0n) is 17.1. The number of benzene rings is 1. The lowest BCUT2D eigenvalue weighted by molar-refractivity contribution is 0.0693. The van der Waals surface area contributed by atoms with Crippen molar-refractivity contribution in [1.29, 1.82) is 0 Å². The third kappa shape index (κ3) is 3.15. The standard InChI is InChI=1S/C23H20N2O6S/c26-17-7-16-20-13-4-6-30-21(13)19(29-5-3-12-1-2-12)8-18(20)31-22(15-10-32-11-24-15)25(16)9-14(17)23(27)28/h7-12,22H,1-6H2,(H,27,28). The molecule has 9 heteroatoms. The van der Waals surface area contributed by atoms with E-state index in [9.17, 15) is 14.7 Å². The van der Waals surface area contributed by atoms with Gasteiger partial charge in [0.05, 0.1) is 24.4 Å². The normalized spacial score (nSPS) is 18.2. The number of carboxylic acids is 1. The molecular weight excluding hydrogens is 432 g/mol. The molecule has 8 nitrogen and oxygen atoms in total. The Morgan fingerprint density at radius 3 is 2.97 bits per heavy atom. The number of thiazole rings is 1. The largest absolute Gasteiger partial charge is 0.490 e. The van der Waals surface area contributed by atoms with Gasteiger partial charge in [-0.3, -0.25) is 4.79 Å². The van der Waals surface area contributed by atoms with Crippen LogP contribution in [0, 0.1) is 5.92 Å². The van der Waals surface area contributed by atoms with Crippen molar-refractivity contribution in [2.45, 2.75) is 31.9 Å². The van der Waals surface area contributed by atoms with Crippen molar-refractivity contribution in [3.63, 3.8) is 0 Å². The Morgan fingerprint density at radius 2 is 2.22 bits per heavy atom. The van der Waals surface area contributed by atoms with Crippen LogP contribution in [0.25, 0.3) is 11.3 Å². The van der Waals surface area contributed by atoms with E-state index in [0.29, 0.717) is 48.3 Å². The van der Waals surface area contributed by atoms with Crippen molar-refractivity contribution >= 4 is 17.3 Å². The van der Waals surface area contributed by atoms with Crippen molar-refractivity contribution in [2.24, 2.45) is 5.92 Å². The average molecular weight is 452 g/mol. The van der Waals surface area contributed by atoms with Gasteiger partial charge in [0.2, 0.25) is 6.23 Å². The summed E-state index contributed by atoms with van der Waals surface area (Å²) in [7, 11) is 0. The minimum atomic E-state index is -1.28. The molecule has 1 N–H and O–H groups in total. The molecule has 1 unspecified atom stereocenters. The molecule has 0 bridgehead atoms. The highest BCUT2D eigenvalue weighted by Crippen LogP contribution is 2.51. The molecule has 1 fully saturated rings. The summed E-state index contributed by atoms with van der Waals surface area (Å²) in [6.45, 7) is 1.13. The predicted octanol–water partition coefficient (Wildman–Crippen LogP) is 3.72. The molecule has 2 aliphatic heterocycles. The van der Waals surface area contributed by atoms with E-state index in [1.165, 1.54) is 36.4 Å². The third-order valence-corrected chi connectivity index (χ3v) is 6.75. The van der Waals surface area contributed by atoms with Crippen molar-refractivity contribution in [3.05, 3.63) is 56.3 Å². The van der Waals surface area contributed by atoms with E-state index in [1.54, 1.807) is 10.1 Å². The molecule has 1 aliphatic carbocycles. The highest BCUT2D eigenvalue weighted by molar-refractivity contribution is 7.07. The molecule has 1 atom stereocenters. The summed E-state index contributed by atoms with van der Waals surface area (Å²) in [5, 5.41) is 11.3. The van der Waals surface area contributed by atoms with Crippen LogP contribution in [0.1, 0.15) is 47.1 Å². The molecule has 4 heterocycles. The minimum absolute atomic E-state index is 0.311. The van der Waals surface area contributed by atoms with Crippen LogP contribution in [0.4, 0.5) is 0 Å². The fraction of sp³-hybridized carbons (Fsp3) is 0.348. The first kappa shape index (κ1) is 19.4. The molecule has 1 saturated carbocycles. The summed E-state index contributed by atoms with van der Waals surface area (Å²) in [5.41, 5.74) is 3.71. The van der Waals surface area contributed by atoms with Gasteiger partial charge in [-0.2, -0.15) is 0 Å². The van der Waals surface area contributed by atoms with Crippen LogP contribution in [-0.2, 0) is 6.42 Å². The van der Waals surface area contributed by atoms with Gasteiger partial charge < -0.3 is 23.9 Å². The number of hydrogen-bond donors (Lipinski definition) is 1. The smallest absolute Gasteiger partial charge is 0.341 e. The first-order chi connectivity index (χ1) is 15.6. The van der Waals surface area contributed by atoms with Gasteiger partial charge in [0.15, 0.2) is 16.9 Å². The number of hydrogen-bond acceptors (Lipinski definition) is 7. The van der Waals surface area contributed by atoms with Gasteiger partial charge >= 0.3 is 5.97 Å². The van der Waals surface area contributed by atoms with Crippen LogP contribution >= 0.6 is 11.3 Å². The van der Waals surface area contributed by atoms with E-state index in [-0.39, 0.29) is 5.56 Å². The molecule has 32 heavy (non-hydrogen) atoms.